The number of aromatic amines is 1. The summed E-state index contributed by atoms with van der Waals surface area (Å²) in [4.78, 5) is 19.9. The van der Waals surface area contributed by atoms with Crippen molar-refractivity contribution in [2.75, 3.05) is 0 Å². The Morgan fingerprint density at radius 2 is 2.12 bits per heavy atom. The Kier molecular flexibility index (Phi) is 3.98. The van der Waals surface area contributed by atoms with Crippen LogP contribution in [-0.2, 0) is 24.2 Å². The van der Waals surface area contributed by atoms with Crippen molar-refractivity contribution in [3.8, 4) is 0 Å². The van der Waals surface area contributed by atoms with E-state index in [0.717, 1.165) is 39.8 Å². The first-order chi connectivity index (χ1) is 12.2. The second-order valence-corrected chi connectivity index (χ2v) is 6.10. The van der Waals surface area contributed by atoms with Gasteiger partial charge in [0.25, 0.3) is 0 Å². The number of aromatic nitrogens is 2. The van der Waals surface area contributed by atoms with E-state index >= 15 is 0 Å². The van der Waals surface area contributed by atoms with E-state index in [1.165, 1.54) is 5.56 Å². The molecule has 0 saturated carbocycles. The van der Waals surface area contributed by atoms with Gasteiger partial charge in [-0.15, -0.1) is 0 Å². The van der Waals surface area contributed by atoms with Gasteiger partial charge in [-0.05, 0) is 30.2 Å². The van der Waals surface area contributed by atoms with Crippen LogP contribution in [0.2, 0.25) is 0 Å². The Balaban J connectivity index is 1.43. The Labute approximate surface area is 145 Å². The predicted molar refractivity (Wildman–Crippen MR) is 97.2 cm³/mol. The van der Waals surface area contributed by atoms with E-state index in [0.29, 0.717) is 13.0 Å². The van der Waals surface area contributed by atoms with Gasteiger partial charge in [-0.2, -0.15) is 0 Å². The predicted octanol–water partition coefficient (Wildman–Crippen LogP) is 3.73. The summed E-state index contributed by atoms with van der Waals surface area (Å²) >= 11 is 0. The molecule has 5 nitrogen and oxygen atoms in total. The number of imidazole rings is 1. The number of carbonyl (C=O) groups is 1. The first kappa shape index (κ1) is 15.4. The van der Waals surface area contributed by atoms with Crippen LogP contribution < -0.4 is 5.32 Å². The lowest BCUT2D eigenvalue weighted by molar-refractivity contribution is -0.120. The Hall–Kier alpha value is -3.08. The zero-order chi connectivity index (χ0) is 17.2. The van der Waals surface area contributed by atoms with Gasteiger partial charge in [-0.25, -0.2) is 4.98 Å². The van der Waals surface area contributed by atoms with Crippen LogP contribution in [0.1, 0.15) is 23.9 Å². The number of fused-ring (bicyclic) bond motifs is 2. The number of hydrogen-bond acceptors (Lipinski definition) is 3. The first-order valence-electron chi connectivity index (χ1n) is 8.42. The highest BCUT2D eigenvalue weighted by molar-refractivity contribution is 5.88. The zero-order valence-corrected chi connectivity index (χ0v) is 14.0. The molecule has 0 bridgehead atoms. The van der Waals surface area contributed by atoms with Crippen LogP contribution in [0, 0.1) is 0 Å². The minimum absolute atomic E-state index is 0.0530. The molecule has 0 aliphatic carbocycles. The average Bonchev–Trinajstić information content (AvgIpc) is 3.23. The molecule has 2 aromatic heterocycles. The summed E-state index contributed by atoms with van der Waals surface area (Å²) in [5, 5.41) is 3.91. The minimum Gasteiger partial charge on any atom is -0.464 e. The average molecular weight is 333 g/mol. The van der Waals surface area contributed by atoms with E-state index in [4.69, 9.17) is 4.42 Å². The molecule has 4 rings (SSSR count). The van der Waals surface area contributed by atoms with Gasteiger partial charge in [0.2, 0.25) is 5.91 Å². The molecule has 5 heteroatoms. The molecule has 0 saturated heterocycles. The highest BCUT2D eigenvalue weighted by Gasteiger charge is 2.11. The number of hydrogen-bond donors (Lipinski definition) is 2. The second-order valence-electron chi connectivity index (χ2n) is 6.10. The van der Waals surface area contributed by atoms with Crippen molar-refractivity contribution in [2.24, 2.45) is 0 Å². The molecule has 0 atom stereocenters. The molecule has 0 fully saturated rings. The molecule has 2 N–H and O–H groups in total. The number of aryl methyl sites for hydroxylation is 1. The number of H-pyrrole nitrogens is 1. The maximum absolute atomic E-state index is 12.3. The van der Waals surface area contributed by atoms with Gasteiger partial charge < -0.3 is 14.7 Å². The van der Waals surface area contributed by atoms with Gasteiger partial charge in [-0.3, -0.25) is 4.79 Å². The van der Waals surface area contributed by atoms with Crippen LogP contribution >= 0.6 is 0 Å². The largest absolute Gasteiger partial charge is 0.464 e. The molecule has 126 valence electrons. The van der Waals surface area contributed by atoms with Gasteiger partial charge in [0.1, 0.15) is 11.4 Å². The summed E-state index contributed by atoms with van der Waals surface area (Å²) < 4.78 is 5.60. The van der Waals surface area contributed by atoms with Crippen molar-refractivity contribution >= 4 is 27.9 Å². The normalized spacial score (nSPS) is 11.2. The van der Waals surface area contributed by atoms with Crippen molar-refractivity contribution < 1.29 is 9.21 Å². The van der Waals surface area contributed by atoms with E-state index in [-0.39, 0.29) is 5.91 Å². The van der Waals surface area contributed by atoms with Crippen molar-refractivity contribution in [2.45, 2.75) is 26.3 Å². The first-order valence-corrected chi connectivity index (χ1v) is 8.42. The third-order valence-electron chi connectivity index (χ3n) is 4.37. The zero-order valence-electron chi connectivity index (χ0n) is 14.0. The molecule has 0 spiro atoms. The molecule has 1 amide bonds. The fraction of sp³-hybridized carbons (Fsp3) is 0.200. The van der Waals surface area contributed by atoms with Crippen molar-refractivity contribution in [1.82, 2.24) is 15.3 Å². The fourth-order valence-electron chi connectivity index (χ4n) is 2.99. The van der Waals surface area contributed by atoms with Crippen LogP contribution in [0.25, 0.3) is 22.0 Å². The lowest BCUT2D eigenvalue weighted by Gasteiger charge is -2.02. The Bertz CT molecular complexity index is 1010. The topological polar surface area (TPSA) is 70.9 Å². The quantitative estimate of drug-likeness (QED) is 0.584. The Morgan fingerprint density at radius 3 is 2.96 bits per heavy atom. The van der Waals surface area contributed by atoms with E-state index in [1.54, 1.807) is 6.26 Å². The summed E-state index contributed by atoms with van der Waals surface area (Å²) in [6, 6.07) is 13.9. The lowest BCUT2D eigenvalue weighted by Crippen LogP contribution is -2.25. The molecule has 2 aromatic carbocycles. The van der Waals surface area contributed by atoms with Crippen molar-refractivity contribution in [1.29, 1.82) is 0 Å². The minimum atomic E-state index is -0.0530. The maximum atomic E-state index is 12.3. The number of rotatable bonds is 5. The number of para-hydroxylation sites is 2. The van der Waals surface area contributed by atoms with Crippen LogP contribution in [0.5, 0.6) is 0 Å². The van der Waals surface area contributed by atoms with Gasteiger partial charge in [-0.1, -0.05) is 31.2 Å². The van der Waals surface area contributed by atoms with Crippen LogP contribution in [0.15, 0.2) is 53.1 Å². The fourth-order valence-corrected chi connectivity index (χ4v) is 2.99. The van der Waals surface area contributed by atoms with Gasteiger partial charge >= 0.3 is 0 Å². The van der Waals surface area contributed by atoms with Crippen LogP contribution in [0.4, 0.5) is 0 Å². The van der Waals surface area contributed by atoms with Gasteiger partial charge in [0.05, 0.1) is 30.3 Å². The molecule has 0 radical (unpaired) electrons. The summed E-state index contributed by atoms with van der Waals surface area (Å²) in [5.41, 5.74) is 4.83. The number of nitrogens with zero attached hydrogens (tertiary/aromatic N) is 1. The molecule has 0 unspecified atom stereocenters. The Morgan fingerprint density at radius 1 is 1.24 bits per heavy atom. The third kappa shape index (κ3) is 3.13. The van der Waals surface area contributed by atoms with Crippen molar-refractivity contribution in [3.63, 3.8) is 0 Å². The molecular formula is C20H19N3O2. The molecule has 2 heterocycles. The lowest BCUT2D eigenvalue weighted by atomic mass is 10.1. The standard InChI is InChI=1S/C20H19N3O2/c1-2-13-7-8-15-14(12-25-18(15)9-13)10-20(24)21-11-19-22-16-5-3-4-6-17(16)23-19/h3-9,12H,2,10-11H2,1H3,(H,21,24)(H,22,23). The summed E-state index contributed by atoms with van der Waals surface area (Å²) in [5.74, 6) is 0.696. The summed E-state index contributed by atoms with van der Waals surface area (Å²) in [6.45, 7) is 2.49. The van der Waals surface area contributed by atoms with Gasteiger partial charge in [0.15, 0.2) is 0 Å². The SMILES string of the molecule is CCc1ccc2c(CC(=O)NCc3nc4ccccc4[nH]3)coc2c1. The summed E-state index contributed by atoms with van der Waals surface area (Å²) in [7, 11) is 0. The van der Waals surface area contributed by atoms with E-state index in [2.05, 4.69) is 28.3 Å². The highest BCUT2D eigenvalue weighted by Crippen LogP contribution is 2.23. The molecular weight excluding hydrogens is 314 g/mol. The van der Waals surface area contributed by atoms with Crippen molar-refractivity contribution in [3.05, 3.63) is 65.7 Å². The van der Waals surface area contributed by atoms with Crippen LogP contribution in [0.3, 0.4) is 0 Å². The van der Waals surface area contributed by atoms with E-state index in [1.807, 2.05) is 36.4 Å². The number of carbonyl (C=O) groups excluding carboxylic acids is 1. The molecule has 0 aliphatic rings. The second kappa shape index (κ2) is 6.43. The van der Waals surface area contributed by atoms with Crippen LogP contribution in [-0.4, -0.2) is 15.9 Å². The highest BCUT2D eigenvalue weighted by atomic mass is 16.3. The number of nitrogens with one attached hydrogen (secondary N) is 2. The monoisotopic (exact) mass is 333 g/mol. The van der Waals surface area contributed by atoms with E-state index < -0.39 is 0 Å². The molecule has 0 aliphatic heterocycles. The molecule has 25 heavy (non-hydrogen) atoms. The summed E-state index contributed by atoms with van der Waals surface area (Å²) in [6.07, 6.45) is 2.92. The van der Waals surface area contributed by atoms with E-state index in [9.17, 15) is 4.79 Å². The number of furan rings is 1. The molecule has 4 aromatic rings. The smallest absolute Gasteiger partial charge is 0.224 e. The number of benzene rings is 2. The third-order valence-corrected chi connectivity index (χ3v) is 4.37. The van der Waals surface area contributed by atoms with Gasteiger partial charge in [0, 0.05) is 10.9 Å². The maximum Gasteiger partial charge on any atom is 0.224 e. The number of amides is 1.